The molecule has 0 fully saturated rings. The Hall–Kier alpha value is -0.280. The Morgan fingerprint density at radius 3 is 2.29 bits per heavy atom. The Labute approximate surface area is 113 Å². The number of aliphatic hydroxyl groups is 1. The smallest absolute Gasteiger partial charge is 0.0805 e. The SMILES string of the molecule is CC(C)(C)[C@H](N)C[C@@H](O)c1ccc(Cl)c(Cl)c1. The van der Waals surface area contributed by atoms with E-state index >= 15 is 0 Å². The molecule has 0 saturated heterocycles. The van der Waals surface area contributed by atoms with Gasteiger partial charge in [0.25, 0.3) is 0 Å². The number of nitrogens with two attached hydrogens (primary N) is 1. The predicted molar refractivity (Wildman–Crippen MR) is 73.5 cm³/mol. The molecular weight excluding hydrogens is 257 g/mol. The summed E-state index contributed by atoms with van der Waals surface area (Å²) in [7, 11) is 0. The molecule has 0 bridgehead atoms. The van der Waals surface area contributed by atoms with Gasteiger partial charge in [0.05, 0.1) is 16.1 Å². The van der Waals surface area contributed by atoms with Crippen LogP contribution >= 0.6 is 23.2 Å². The minimum Gasteiger partial charge on any atom is -0.388 e. The first-order valence-corrected chi connectivity index (χ1v) is 6.36. The maximum absolute atomic E-state index is 10.1. The first kappa shape index (κ1) is 14.8. The predicted octanol–water partition coefficient (Wildman–Crippen LogP) is 3.79. The highest BCUT2D eigenvalue weighted by atomic mass is 35.5. The molecule has 0 aliphatic rings. The first-order chi connectivity index (χ1) is 7.71. The van der Waals surface area contributed by atoms with Crippen molar-refractivity contribution in [3.05, 3.63) is 33.8 Å². The standard InChI is InChI=1S/C13H19Cl2NO/c1-13(2,3)12(16)7-11(17)8-4-5-9(14)10(15)6-8/h4-6,11-12,17H,7,16H2,1-3H3/t11-,12-/m1/s1. The summed E-state index contributed by atoms with van der Waals surface area (Å²) < 4.78 is 0. The zero-order valence-electron chi connectivity index (χ0n) is 10.4. The van der Waals surface area contributed by atoms with E-state index in [0.29, 0.717) is 16.5 Å². The number of aliphatic hydroxyl groups excluding tert-OH is 1. The maximum Gasteiger partial charge on any atom is 0.0805 e. The summed E-state index contributed by atoms with van der Waals surface area (Å²) in [5, 5.41) is 11.0. The fourth-order valence-electron chi connectivity index (χ4n) is 1.45. The molecule has 0 heterocycles. The Morgan fingerprint density at radius 2 is 1.82 bits per heavy atom. The molecule has 3 N–H and O–H groups in total. The zero-order valence-corrected chi connectivity index (χ0v) is 11.9. The first-order valence-electron chi connectivity index (χ1n) is 5.60. The Balaban J connectivity index is 2.76. The van der Waals surface area contributed by atoms with Gasteiger partial charge in [-0.05, 0) is 29.5 Å². The summed E-state index contributed by atoms with van der Waals surface area (Å²) in [5.41, 5.74) is 6.76. The van der Waals surface area contributed by atoms with Crippen LogP contribution in [0.3, 0.4) is 0 Å². The number of rotatable bonds is 3. The zero-order chi connectivity index (χ0) is 13.2. The molecule has 1 rings (SSSR count). The minimum atomic E-state index is -0.612. The molecule has 1 aromatic rings. The van der Waals surface area contributed by atoms with Gasteiger partial charge in [-0.15, -0.1) is 0 Å². The molecule has 4 heteroatoms. The lowest BCUT2D eigenvalue weighted by molar-refractivity contribution is 0.133. The largest absolute Gasteiger partial charge is 0.388 e. The van der Waals surface area contributed by atoms with Gasteiger partial charge in [0.15, 0.2) is 0 Å². The van der Waals surface area contributed by atoms with Crippen LogP contribution in [0.1, 0.15) is 38.9 Å². The van der Waals surface area contributed by atoms with Crippen LogP contribution in [0.2, 0.25) is 10.0 Å². The van der Waals surface area contributed by atoms with Crippen molar-refractivity contribution >= 4 is 23.2 Å². The molecule has 0 unspecified atom stereocenters. The molecule has 0 amide bonds. The van der Waals surface area contributed by atoms with Gasteiger partial charge in [0, 0.05) is 6.04 Å². The van der Waals surface area contributed by atoms with Crippen molar-refractivity contribution in [3.63, 3.8) is 0 Å². The average Bonchev–Trinajstić information content (AvgIpc) is 2.20. The molecule has 0 aliphatic heterocycles. The van der Waals surface area contributed by atoms with Gasteiger partial charge < -0.3 is 10.8 Å². The highest BCUT2D eigenvalue weighted by Crippen LogP contribution is 2.30. The van der Waals surface area contributed by atoms with E-state index in [4.69, 9.17) is 28.9 Å². The average molecular weight is 276 g/mol. The van der Waals surface area contributed by atoms with Crippen molar-refractivity contribution < 1.29 is 5.11 Å². The van der Waals surface area contributed by atoms with Crippen molar-refractivity contribution in [2.45, 2.75) is 39.3 Å². The minimum absolute atomic E-state index is 0.0306. The maximum atomic E-state index is 10.1. The molecular formula is C13H19Cl2NO. The van der Waals surface area contributed by atoms with E-state index in [1.165, 1.54) is 0 Å². The van der Waals surface area contributed by atoms with Crippen LogP contribution in [0.4, 0.5) is 0 Å². The lowest BCUT2D eigenvalue weighted by atomic mass is 9.83. The Morgan fingerprint density at radius 1 is 1.24 bits per heavy atom. The summed E-state index contributed by atoms with van der Waals surface area (Å²) in [4.78, 5) is 0. The molecule has 0 aliphatic carbocycles. The lowest BCUT2D eigenvalue weighted by Gasteiger charge is -2.29. The van der Waals surface area contributed by atoms with Crippen molar-refractivity contribution in [2.24, 2.45) is 11.1 Å². The van der Waals surface area contributed by atoms with E-state index in [9.17, 15) is 5.11 Å². The highest BCUT2D eigenvalue weighted by molar-refractivity contribution is 6.42. The number of hydrogen-bond acceptors (Lipinski definition) is 2. The van der Waals surface area contributed by atoms with E-state index < -0.39 is 6.10 Å². The molecule has 0 radical (unpaired) electrons. The van der Waals surface area contributed by atoms with Gasteiger partial charge in [0.1, 0.15) is 0 Å². The van der Waals surface area contributed by atoms with Gasteiger partial charge in [-0.1, -0.05) is 50.0 Å². The van der Waals surface area contributed by atoms with E-state index in [0.717, 1.165) is 5.56 Å². The van der Waals surface area contributed by atoms with Gasteiger partial charge in [0.2, 0.25) is 0 Å². The lowest BCUT2D eigenvalue weighted by Crippen LogP contribution is -2.36. The molecule has 0 aromatic heterocycles. The number of hydrogen-bond donors (Lipinski definition) is 2. The van der Waals surface area contributed by atoms with Crippen LogP contribution in [0.25, 0.3) is 0 Å². The topological polar surface area (TPSA) is 46.2 Å². The molecule has 2 atom stereocenters. The Bertz CT molecular complexity index is 387. The quantitative estimate of drug-likeness (QED) is 0.882. The van der Waals surface area contributed by atoms with E-state index in [2.05, 4.69) is 20.8 Å². The summed E-state index contributed by atoms with van der Waals surface area (Å²) in [6, 6.07) is 5.07. The van der Waals surface area contributed by atoms with E-state index in [-0.39, 0.29) is 11.5 Å². The molecule has 96 valence electrons. The molecule has 0 saturated carbocycles. The highest BCUT2D eigenvalue weighted by Gasteiger charge is 2.24. The fraction of sp³-hybridized carbons (Fsp3) is 0.538. The summed E-state index contributed by atoms with van der Waals surface area (Å²) in [5.74, 6) is 0. The van der Waals surface area contributed by atoms with Crippen LogP contribution < -0.4 is 5.73 Å². The van der Waals surface area contributed by atoms with E-state index in [1.54, 1.807) is 18.2 Å². The number of halogens is 2. The summed E-state index contributed by atoms with van der Waals surface area (Å²) in [6.45, 7) is 6.16. The van der Waals surface area contributed by atoms with Crippen LogP contribution in [0.5, 0.6) is 0 Å². The molecule has 1 aromatic carbocycles. The van der Waals surface area contributed by atoms with Crippen LogP contribution in [0.15, 0.2) is 18.2 Å². The summed E-state index contributed by atoms with van der Waals surface area (Å²) in [6.07, 6.45) is -0.111. The van der Waals surface area contributed by atoms with Gasteiger partial charge in [-0.25, -0.2) is 0 Å². The van der Waals surface area contributed by atoms with Crippen LogP contribution in [-0.4, -0.2) is 11.1 Å². The second kappa shape index (κ2) is 5.57. The summed E-state index contributed by atoms with van der Waals surface area (Å²) >= 11 is 11.7. The monoisotopic (exact) mass is 275 g/mol. The third kappa shape index (κ3) is 4.14. The van der Waals surface area contributed by atoms with Crippen LogP contribution in [0, 0.1) is 5.41 Å². The molecule has 2 nitrogen and oxygen atoms in total. The normalized spacial score (nSPS) is 15.7. The van der Waals surface area contributed by atoms with Gasteiger partial charge in [-0.3, -0.25) is 0 Å². The van der Waals surface area contributed by atoms with Gasteiger partial charge in [-0.2, -0.15) is 0 Å². The molecule has 0 spiro atoms. The van der Waals surface area contributed by atoms with Crippen molar-refractivity contribution in [1.82, 2.24) is 0 Å². The third-order valence-electron chi connectivity index (χ3n) is 2.92. The number of benzene rings is 1. The second-order valence-corrected chi connectivity index (χ2v) is 6.21. The third-order valence-corrected chi connectivity index (χ3v) is 3.66. The van der Waals surface area contributed by atoms with E-state index in [1.807, 2.05) is 0 Å². The van der Waals surface area contributed by atoms with Crippen LogP contribution in [-0.2, 0) is 0 Å². The fourth-order valence-corrected chi connectivity index (χ4v) is 1.76. The van der Waals surface area contributed by atoms with Gasteiger partial charge >= 0.3 is 0 Å². The van der Waals surface area contributed by atoms with Crippen molar-refractivity contribution in [1.29, 1.82) is 0 Å². The Kier molecular flexibility index (Phi) is 4.85. The second-order valence-electron chi connectivity index (χ2n) is 5.40. The van der Waals surface area contributed by atoms with Crippen molar-refractivity contribution in [3.8, 4) is 0 Å². The molecule has 17 heavy (non-hydrogen) atoms. The van der Waals surface area contributed by atoms with Crippen molar-refractivity contribution in [2.75, 3.05) is 0 Å².